The van der Waals surface area contributed by atoms with E-state index in [1.165, 1.54) is 7.11 Å². The minimum absolute atomic E-state index is 0.405. The Hall–Kier alpha value is -1.59. The molecule has 0 radical (unpaired) electrons. The highest BCUT2D eigenvalue weighted by Crippen LogP contribution is 2.30. The van der Waals surface area contributed by atoms with Crippen molar-refractivity contribution < 1.29 is 13.9 Å². The van der Waals surface area contributed by atoms with Crippen molar-refractivity contribution >= 4 is 32.9 Å². The third kappa shape index (κ3) is 2.64. The lowest BCUT2D eigenvalue weighted by Crippen LogP contribution is -2.47. The topological polar surface area (TPSA) is 51.5 Å². The number of hydrogen-bond donors (Lipinski definition) is 1. The highest BCUT2D eigenvalue weighted by Gasteiger charge is 2.39. The Morgan fingerprint density at radius 2 is 2.30 bits per heavy atom. The van der Waals surface area contributed by atoms with Crippen molar-refractivity contribution in [1.29, 1.82) is 0 Å². The van der Waals surface area contributed by atoms with Crippen LogP contribution in [0.2, 0.25) is 0 Å². The van der Waals surface area contributed by atoms with E-state index in [1.807, 2.05) is 24.3 Å². The van der Waals surface area contributed by atoms with Gasteiger partial charge in [0.2, 0.25) is 0 Å². The molecule has 1 N–H and O–H groups in total. The van der Waals surface area contributed by atoms with Gasteiger partial charge in [0.15, 0.2) is 5.54 Å². The Kier molecular flexibility index (Phi) is 4.30. The summed E-state index contributed by atoms with van der Waals surface area (Å²) in [7, 11) is 1.36. The van der Waals surface area contributed by atoms with Gasteiger partial charge < -0.3 is 9.15 Å². The maximum absolute atomic E-state index is 12.1. The summed E-state index contributed by atoms with van der Waals surface area (Å²) in [6.07, 6.45) is 1.68. The van der Waals surface area contributed by atoms with Crippen LogP contribution in [0.25, 0.3) is 11.0 Å². The van der Waals surface area contributed by atoms with Crippen LogP contribution in [0.15, 0.2) is 45.8 Å². The fourth-order valence-electron chi connectivity index (χ4n) is 2.00. The Labute approximate surface area is 125 Å². The number of carbonyl (C=O) groups is 1. The van der Waals surface area contributed by atoms with Crippen LogP contribution in [0.4, 0.5) is 0 Å². The molecular formula is C15H16BrNO3. The van der Waals surface area contributed by atoms with Crippen molar-refractivity contribution in [3.8, 4) is 0 Å². The molecule has 1 aromatic carbocycles. The number of nitrogens with one attached hydrogen (secondary N) is 1. The van der Waals surface area contributed by atoms with Gasteiger partial charge >= 0.3 is 5.97 Å². The van der Waals surface area contributed by atoms with E-state index in [1.54, 1.807) is 13.0 Å². The third-order valence-electron chi connectivity index (χ3n) is 3.16. The van der Waals surface area contributed by atoms with Gasteiger partial charge in [0.25, 0.3) is 0 Å². The molecule has 0 saturated carbocycles. The van der Waals surface area contributed by atoms with E-state index in [-0.39, 0.29) is 0 Å². The maximum Gasteiger partial charge on any atom is 0.333 e. The molecule has 1 aromatic heterocycles. The summed E-state index contributed by atoms with van der Waals surface area (Å²) < 4.78 is 11.6. The van der Waals surface area contributed by atoms with Gasteiger partial charge in [-0.05, 0) is 31.2 Å². The summed E-state index contributed by atoms with van der Waals surface area (Å²) >= 11 is 3.41. The summed E-state index contributed by atoms with van der Waals surface area (Å²) in [6.45, 7) is 5.84. The largest absolute Gasteiger partial charge is 0.467 e. The summed E-state index contributed by atoms with van der Waals surface area (Å²) in [5.74, 6) is 0.108. The van der Waals surface area contributed by atoms with Crippen molar-refractivity contribution in [2.24, 2.45) is 0 Å². The highest BCUT2D eigenvalue weighted by atomic mass is 79.9. The molecule has 1 unspecified atom stereocenters. The van der Waals surface area contributed by atoms with E-state index in [4.69, 9.17) is 9.15 Å². The van der Waals surface area contributed by atoms with E-state index < -0.39 is 11.5 Å². The number of furan rings is 1. The fraction of sp³-hybridized carbons (Fsp3) is 0.267. The zero-order valence-electron chi connectivity index (χ0n) is 11.4. The van der Waals surface area contributed by atoms with Gasteiger partial charge in [-0.15, -0.1) is 6.58 Å². The number of rotatable bonds is 5. The molecule has 0 bridgehead atoms. The second-order valence-electron chi connectivity index (χ2n) is 4.58. The molecular weight excluding hydrogens is 322 g/mol. The molecule has 0 aliphatic rings. The lowest BCUT2D eigenvalue weighted by atomic mass is 9.98. The van der Waals surface area contributed by atoms with Crippen LogP contribution in [-0.4, -0.2) is 19.6 Å². The van der Waals surface area contributed by atoms with E-state index >= 15 is 0 Å². The van der Waals surface area contributed by atoms with Gasteiger partial charge in [0, 0.05) is 16.4 Å². The predicted octanol–water partition coefficient (Wildman–Crippen LogP) is 3.36. The Morgan fingerprint density at radius 1 is 1.55 bits per heavy atom. The lowest BCUT2D eigenvalue weighted by molar-refractivity contribution is -0.149. The minimum atomic E-state index is -1.05. The van der Waals surface area contributed by atoms with Crippen LogP contribution >= 0.6 is 15.9 Å². The quantitative estimate of drug-likeness (QED) is 0.671. The minimum Gasteiger partial charge on any atom is -0.467 e. The van der Waals surface area contributed by atoms with Crippen LogP contribution in [0, 0.1) is 0 Å². The standard InChI is InChI=1S/C15H16BrNO3/c1-4-7-17-15(2,14(18)19-3)13-9-10-8-11(16)5-6-12(10)20-13/h4-6,8-9,17H,1,7H2,2-3H3. The average molecular weight is 338 g/mol. The third-order valence-corrected chi connectivity index (χ3v) is 3.66. The first-order valence-electron chi connectivity index (χ1n) is 6.15. The maximum atomic E-state index is 12.1. The number of ether oxygens (including phenoxy) is 1. The van der Waals surface area contributed by atoms with Crippen LogP contribution in [0.5, 0.6) is 0 Å². The van der Waals surface area contributed by atoms with Crippen LogP contribution in [-0.2, 0) is 15.1 Å². The van der Waals surface area contributed by atoms with Gasteiger partial charge in [0.05, 0.1) is 7.11 Å². The molecule has 1 atom stereocenters. The normalized spacial score (nSPS) is 13.9. The average Bonchev–Trinajstić information content (AvgIpc) is 2.87. The first-order chi connectivity index (χ1) is 9.51. The van der Waals surface area contributed by atoms with E-state index in [2.05, 4.69) is 27.8 Å². The smallest absolute Gasteiger partial charge is 0.333 e. The molecule has 2 rings (SSSR count). The van der Waals surface area contributed by atoms with Gasteiger partial charge in [-0.2, -0.15) is 0 Å². The SMILES string of the molecule is C=CCNC(C)(C(=O)OC)c1cc2cc(Br)ccc2o1. The first-order valence-corrected chi connectivity index (χ1v) is 6.94. The molecule has 0 aliphatic heterocycles. The van der Waals surface area contributed by atoms with E-state index in [9.17, 15) is 4.79 Å². The van der Waals surface area contributed by atoms with Crippen molar-refractivity contribution in [2.45, 2.75) is 12.5 Å². The molecule has 106 valence electrons. The Bertz CT molecular complexity index is 650. The highest BCUT2D eigenvalue weighted by molar-refractivity contribution is 9.10. The van der Waals surface area contributed by atoms with Gasteiger partial charge in [-0.1, -0.05) is 22.0 Å². The molecule has 5 heteroatoms. The summed E-state index contributed by atoms with van der Waals surface area (Å²) in [4.78, 5) is 12.1. The summed E-state index contributed by atoms with van der Waals surface area (Å²) in [6, 6.07) is 7.52. The molecule has 0 fully saturated rings. The van der Waals surface area contributed by atoms with Crippen molar-refractivity contribution in [3.05, 3.63) is 47.2 Å². The predicted molar refractivity (Wildman–Crippen MR) is 81.5 cm³/mol. The van der Waals surface area contributed by atoms with Crippen LogP contribution in [0.1, 0.15) is 12.7 Å². The zero-order chi connectivity index (χ0) is 14.8. The zero-order valence-corrected chi connectivity index (χ0v) is 13.0. The first kappa shape index (κ1) is 14.8. The van der Waals surface area contributed by atoms with Crippen LogP contribution in [0.3, 0.4) is 0 Å². The molecule has 0 spiro atoms. The number of methoxy groups -OCH3 is 1. The van der Waals surface area contributed by atoms with Crippen molar-refractivity contribution in [1.82, 2.24) is 5.32 Å². The molecule has 0 amide bonds. The number of carbonyl (C=O) groups excluding carboxylic acids is 1. The summed E-state index contributed by atoms with van der Waals surface area (Å²) in [5.41, 5.74) is -0.326. The fourth-order valence-corrected chi connectivity index (χ4v) is 2.38. The van der Waals surface area contributed by atoms with Crippen molar-refractivity contribution in [2.75, 3.05) is 13.7 Å². The van der Waals surface area contributed by atoms with E-state index in [0.717, 1.165) is 15.4 Å². The number of fused-ring (bicyclic) bond motifs is 1. The molecule has 0 aliphatic carbocycles. The monoisotopic (exact) mass is 337 g/mol. The summed E-state index contributed by atoms with van der Waals surface area (Å²) in [5, 5.41) is 4.01. The van der Waals surface area contributed by atoms with Crippen LogP contribution < -0.4 is 5.32 Å². The second-order valence-corrected chi connectivity index (χ2v) is 5.49. The molecule has 4 nitrogen and oxygen atoms in total. The van der Waals surface area contributed by atoms with Gasteiger partial charge in [-0.25, -0.2) is 4.79 Å². The molecule has 20 heavy (non-hydrogen) atoms. The van der Waals surface area contributed by atoms with Gasteiger partial charge in [-0.3, -0.25) is 5.32 Å². The molecule has 1 heterocycles. The Balaban J connectivity index is 2.50. The number of halogens is 1. The van der Waals surface area contributed by atoms with Crippen molar-refractivity contribution in [3.63, 3.8) is 0 Å². The number of esters is 1. The van der Waals surface area contributed by atoms with Gasteiger partial charge in [0.1, 0.15) is 11.3 Å². The molecule has 2 aromatic rings. The Morgan fingerprint density at radius 3 is 2.95 bits per heavy atom. The number of benzene rings is 1. The number of hydrogen-bond acceptors (Lipinski definition) is 4. The van der Waals surface area contributed by atoms with E-state index in [0.29, 0.717) is 12.3 Å². The molecule has 0 saturated heterocycles. The second kappa shape index (κ2) is 5.81. The lowest BCUT2D eigenvalue weighted by Gasteiger charge is -2.25.